The largest absolute Gasteiger partial charge is 0.339 e. The minimum absolute atomic E-state index is 0.222. The van der Waals surface area contributed by atoms with Crippen molar-refractivity contribution in [3.8, 4) is 0 Å². The van der Waals surface area contributed by atoms with Crippen molar-refractivity contribution in [3.63, 3.8) is 0 Å². The average Bonchev–Trinajstić information content (AvgIpc) is 2.89. The number of hydrogen-bond acceptors (Lipinski definition) is 3. The molecule has 1 aromatic carbocycles. The summed E-state index contributed by atoms with van der Waals surface area (Å²) in [4.78, 5) is 22.8. The molecule has 0 saturated carbocycles. The van der Waals surface area contributed by atoms with E-state index in [9.17, 15) is 4.79 Å². The second kappa shape index (κ2) is 8.22. The first-order chi connectivity index (χ1) is 13.3. The minimum Gasteiger partial charge on any atom is -0.339 e. The van der Waals surface area contributed by atoms with Crippen LogP contribution in [0.5, 0.6) is 0 Å². The Kier molecular flexibility index (Phi) is 5.53. The fourth-order valence-corrected chi connectivity index (χ4v) is 4.39. The van der Waals surface area contributed by atoms with Gasteiger partial charge in [0, 0.05) is 32.4 Å². The minimum atomic E-state index is -0.262. The van der Waals surface area contributed by atoms with E-state index >= 15 is 0 Å². The van der Waals surface area contributed by atoms with Crippen molar-refractivity contribution in [1.29, 1.82) is 0 Å². The molecule has 2 aliphatic rings. The number of hydrogen-bond donors (Lipinski definition) is 0. The van der Waals surface area contributed by atoms with Crippen LogP contribution in [0.25, 0.3) is 0 Å². The van der Waals surface area contributed by atoms with Gasteiger partial charge in [0.05, 0.1) is 5.69 Å². The molecule has 0 radical (unpaired) electrons. The van der Waals surface area contributed by atoms with E-state index in [4.69, 9.17) is 0 Å². The van der Waals surface area contributed by atoms with Gasteiger partial charge < -0.3 is 4.90 Å². The Morgan fingerprint density at radius 1 is 1.04 bits per heavy atom. The summed E-state index contributed by atoms with van der Waals surface area (Å²) in [7, 11) is 0. The van der Waals surface area contributed by atoms with Gasteiger partial charge in [-0.05, 0) is 48.6 Å². The molecule has 1 amide bonds. The third-order valence-electron chi connectivity index (χ3n) is 5.99. The quantitative estimate of drug-likeness (QED) is 0.837. The highest BCUT2D eigenvalue weighted by Gasteiger charge is 2.34. The van der Waals surface area contributed by atoms with Gasteiger partial charge >= 0.3 is 0 Å². The van der Waals surface area contributed by atoms with Gasteiger partial charge in [0.15, 0.2) is 0 Å². The van der Waals surface area contributed by atoms with Crippen molar-refractivity contribution in [3.05, 3.63) is 65.0 Å². The standard InChI is InChI=1S/C23H29N3O/c1-2-3-13-25-14-16-26(17-15-25)23(27)21-20-9-5-4-7-18(20)10-11-19-8-6-12-24-22(19)21/h4-9,12,21H,2-3,10-11,13-17H2,1H3. The van der Waals surface area contributed by atoms with E-state index in [1.54, 1.807) is 0 Å². The molecular formula is C23H29N3O. The molecule has 2 aromatic rings. The highest BCUT2D eigenvalue weighted by molar-refractivity contribution is 5.88. The molecule has 1 atom stereocenters. The number of piperazine rings is 1. The summed E-state index contributed by atoms with van der Waals surface area (Å²) in [5.41, 5.74) is 4.61. The van der Waals surface area contributed by atoms with Crippen LogP contribution in [-0.4, -0.2) is 53.4 Å². The van der Waals surface area contributed by atoms with Gasteiger partial charge in [0.25, 0.3) is 0 Å². The summed E-state index contributed by atoms with van der Waals surface area (Å²) < 4.78 is 0. The molecule has 4 nitrogen and oxygen atoms in total. The molecule has 2 heterocycles. The van der Waals surface area contributed by atoms with Crippen LogP contribution in [0.4, 0.5) is 0 Å². The lowest BCUT2D eigenvalue weighted by molar-refractivity contribution is -0.133. The maximum absolute atomic E-state index is 13.6. The van der Waals surface area contributed by atoms with Gasteiger partial charge in [-0.1, -0.05) is 43.7 Å². The monoisotopic (exact) mass is 363 g/mol. The van der Waals surface area contributed by atoms with E-state index in [0.717, 1.165) is 56.8 Å². The zero-order valence-electron chi connectivity index (χ0n) is 16.2. The summed E-state index contributed by atoms with van der Waals surface area (Å²) in [6.45, 7) is 6.99. The normalized spacial score (nSPS) is 19.9. The summed E-state index contributed by atoms with van der Waals surface area (Å²) in [6.07, 6.45) is 6.22. The Labute approximate surface area is 162 Å². The zero-order valence-corrected chi connectivity index (χ0v) is 16.2. The molecule has 4 heteroatoms. The van der Waals surface area contributed by atoms with E-state index in [0.29, 0.717) is 0 Å². The maximum Gasteiger partial charge on any atom is 0.236 e. The highest BCUT2D eigenvalue weighted by Crippen LogP contribution is 2.34. The fourth-order valence-electron chi connectivity index (χ4n) is 4.39. The summed E-state index contributed by atoms with van der Waals surface area (Å²) in [5.74, 6) is -0.0402. The number of carbonyl (C=O) groups excluding carboxylic acids is 1. The molecule has 1 fully saturated rings. The number of amides is 1. The molecule has 0 spiro atoms. The SMILES string of the molecule is CCCCN1CCN(C(=O)C2c3ccccc3CCc3cccnc32)CC1. The molecule has 1 saturated heterocycles. The first-order valence-electron chi connectivity index (χ1n) is 10.3. The number of unbranched alkanes of at least 4 members (excludes halogenated alkanes) is 1. The van der Waals surface area contributed by atoms with Crippen molar-refractivity contribution in [2.24, 2.45) is 0 Å². The van der Waals surface area contributed by atoms with Crippen LogP contribution in [0.1, 0.15) is 48.1 Å². The van der Waals surface area contributed by atoms with Gasteiger partial charge in [-0.25, -0.2) is 0 Å². The Hall–Kier alpha value is -2.20. The number of aryl methyl sites for hydroxylation is 2. The third-order valence-corrected chi connectivity index (χ3v) is 5.99. The number of nitrogens with zero attached hydrogens (tertiary/aromatic N) is 3. The van der Waals surface area contributed by atoms with E-state index in [1.807, 2.05) is 12.3 Å². The van der Waals surface area contributed by atoms with Crippen molar-refractivity contribution >= 4 is 5.91 Å². The fraction of sp³-hybridized carbons (Fsp3) is 0.478. The number of carbonyl (C=O) groups is 1. The zero-order chi connectivity index (χ0) is 18.6. The Morgan fingerprint density at radius 3 is 2.59 bits per heavy atom. The predicted octanol–water partition coefficient (Wildman–Crippen LogP) is 3.26. The van der Waals surface area contributed by atoms with Gasteiger partial charge in [-0.2, -0.15) is 0 Å². The van der Waals surface area contributed by atoms with Gasteiger partial charge in [-0.3, -0.25) is 14.7 Å². The van der Waals surface area contributed by atoms with E-state index in [-0.39, 0.29) is 11.8 Å². The second-order valence-corrected chi connectivity index (χ2v) is 7.70. The number of rotatable bonds is 4. The molecule has 0 N–H and O–H groups in total. The molecule has 1 aromatic heterocycles. The predicted molar refractivity (Wildman–Crippen MR) is 108 cm³/mol. The number of aromatic nitrogens is 1. The summed E-state index contributed by atoms with van der Waals surface area (Å²) in [6, 6.07) is 12.6. The van der Waals surface area contributed by atoms with E-state index in [2.05, 4.69) is 52.0 Å². The van der Waals surface area contributed by atoms with Crippen LogP contribution >= 0.6 is 0 Å². The van der Waals surface area contributed by atoms with Crippen molar-refractivity contribution < 1.29 is 4.79 Å². The lowest BCUT2D eigenvalue weighted by atomic mass is 9.90. The highest BCUT2D eigenvalue weighted by atomic mass is 16.2. The first-order valence-corrected chi connectivity index (χ1v) is 10.3. The Morgan fingerprint density at radius 2 is 1.78 bits per heavy atom. The smallest absolute Gasteiger partial charge is 0.236 e. The number of benzene rings is 1. The molecule has 142 valence electrons. The average molecular weight is 364 g/mol. The van der Waals surface area contributed by atoms with Crippen LogP contribution in [0, 0.1) is 0 Å². The molecular weight excluding hydrogens is 334 g/mol. The first kappa shape index (κ1) is 18.2. The van der Waals surface area contributed by atoms with E-state index in [1.165, 1.54) is 24.0 Å². The number of pyridine rings is 1. The third kappa shape index (κ3) is 3.77. The van der Waals surface area contributed by atoms with Gasteiger partial charge in [0.1, 0.15) is 5.92 Å². The van der Waals surface area contributed by atoms with Gasteiger partial charge in [-0.15, -0.1) is 0 Å². The molecule has 27 heavy (non-hydrogen) atoms. The molecule has 1 aliphatic carbocycles. The lowest BCUT2D eigenvalue weighted by Crippen LogP contribution is -2.50. The van der Waals surface area contributed by atoms with Crippen LogP contribution in [-0.2, 0) is 17.6 Å². The Balaban J connectivity index is 1.60. The van der Waals surface area contributed by atoms with Crippen LogP contribution in [0.2, 0.25) is 0 Å². The molecule has 4 rings (SSSR count). The van der Waals surface area contributed by atoms with E-state index < -0.39 is 0 Å². The maximum atomic E-state index is 13.6. The van der Waals surface area contributed by atoms with Crippen molar-refractivity contribution in [2.45, 2.75) is 38.5 Å². The summed E-state index contributed by atoms with van der Waals surface area (Å²) >= 11 is 0. The number of fused-ring (bicyclic) bond motifs is 2. The van der Waals surface area contributed by atoms with Gasteiger partial charge in [0.2, 0.25) is 5.91 Å². The van der Waals surface area contributed by atoms with Crippen LogP contribution in [0.15, 0.2) is 42.6 Å². The lowest BCUT2D eigenvalue weighted by Gasteiger charge is -2.36. The van der Waals surface area contributed by atoms with Crippen LogP contribution < -0.4 is 0 Å². The molecule has 1 unspecified atom stereocenters. The van der Waals surface area contributed by atoms with Crippen molar-refractivity contribution in [2.75, 3.05) is 32.7 Å². The topological polar surface area (TPSA) is 36.4 Å². The molecule has 0 bridgehead atoms. The van der Waals surface area contributed by atoms with Crippen molar-refractivity contribution in [1.82, 2.24) is 14.8 Å². The Bertz CT molecular complexity index is 748. The molecule has 1 aliphatic heterocycles. The van der Waals surface area contributed by atoms with Crippen LogP contribution in [0.3, 0.4) is 0 Å². The summed E-state index contributed by atoms with van der Waals surface area (Å²) in [5, 5.41) is 0. The second-order valence-electron chi connectivity index (χ2n) is 7.70.